The summed E-state index contributed by atoms with van der Waals surface area (Å²) in [5.74, 6) is -0.714. The fraction of sp³-hybridized carbons (Fsp3) is 0.360. The molecule has 3 aliphatic rings. The van der Waals surface area contributed by atoms with E-state index in [0.29, 0.717) is 29.0 Å². The lowest BCUT2D eigenvalue weighted by Crippen LogP contribution is -2.34. The molecule has 0 spiro atoms. The van der Waals surface area contributed by atoms with Crippen molar-refractivity contribution in [3.05, 3.63) is 40.7 Å². The van der Waals surface area contributed by atoms with Gasteiger partial charge >= 0.3 is 0 Å². The lowest BCUT2D eigenvalue weighted by atomic mass is 9.94. The second kappa shape index (κ2) is 8.03. The number of nitrogens with zero attached hydrogens (tertiary/aromatic N) is 5. The highest BCUT2D eigenvalue weighted by molar-refractivity contribution is 7.23. The first-order chi connectivity index (χ1) is 17.5. The van der Waals surface area contributed by atoms with Gasteiger partial charge in [0.1, 0.15) is 16.6 Å². The average Bonchev–Trinajstić information content (AvgIpc) is 3.24. The highest BCUT2D eigenvalue weighted by Crippen LogP contribution is 2.45. The van der Waals surface area contributed by atoms with Gasteiger partial charge in [-0.2, -0.15) is 5.26 Å². The van der Waals surface area contributed by atoms with Crippen molar-refractivity contribution in [2.24, 2.45) is 0 Å². The zero-order valence-electron chi connectivity index (χ0n) is 19.1. The van der Waals surface area contributed by atoms with Gasteiger partial charge in [0.25, 0.3) is 0 Å². The third-order valence-electron chi connectivity index (χ3n) is 7.25. The molecule has 7 rings (SSSR count). The number of hydrogen-bond acceptors (Lipinski definition) is 9. The van der Waals surface area contributed by atoms with Crippen LogP contribution in [-0.4, -0.2) is 40.1 Å². The van der Waals surface area contributed by atoms with Crippen LogP contribution in [-0.2, 0) is 18.0 Å². The number of halogens is 2. The van der Waals surface area contributed by atoms with Gasteiger partial charge in [0.05, 0.1) is 35.4 Å². The molecule has 182 valence electrons. The molecule has 3 N–H and O–H groups in total. The molecule has 2 aliphatic heterocycles. The Hall–Kier alpha value is -3.46. The van der Waals surface area contributed by atoms with Gasteiger partial charge in [-0.05, 0) is 30.4 Å². The maximum atomic E-state index is 16.4. The molecule has 11 heteroatoms. The smallest absolute Gasteiger partial charge is 0.226 e. The molecule has 2 fully saturated rings. The molecule has 8 nitrogen and oxygen atoms in total. The molecular weight excluding hydrogens is 484 g/mol. The maximum absolute atomic E-state index is 16.4. The number of nitrogen functional groups attached to an aromatic ring is 1. The highest BCUT2D eigenvalue weighted by Gasteiger charge is 2.32. The van der Waals surface area contributed by atoms with Crippen LogP contribution in [0, 0.1) is 23.0 Å². The Morgan fingerprint density at radius 3 is 2.78 bits per heavy atom. The van der Waals surface area contributed by atoms with Crippen LogP contribution in [0.25, 0.3) is 32.2 Å². The topological polar surface area (TPSA) is 113 Å². The first kappa shape index (κ1) is 21.8. The number of nitriles is 1. The second-order valence-electron chi connectivity index (χ2n) is 9.56. The van der Waals surface area contributed by atoms with Gasteiger partial charge in [0.15, 0.2) is 11.6 Å². The molecule has 1 unspecified atom stereocenters. The van der Waals surface area contributed by atoms with Gasteiger partial charge in [-0.25, -0.2) is 18.7 Å². The van der Waals surface area contributed by atoms with Crippen LogP contribution in [0.4, 0.5) is 19.7 Å². The predicted octanol–water partition coefficient (Wildman–Crippen LogP) is 4.00. The van der Waals surface area contributed by atoms with Crippen LogP contribution in [0.15, 0.2) is 12.4 Å². The van der Waals surface area contributed by atoms with Crippen LogP contribution in [0.5, 0.6) is 0 Å². The fourth-order valence-electron chi connectivity index (χ4n) is 5.35. The van der Waals surface area contributed by atoms with Crippen LogP contribution < -0.4 is 16.0 Å². The van der Waals surface area contributed by atoms with E-state index in [9.17, 15) is 9.65 Å². The Balaban J connectivity index is 1.41. The van der Waals surface area contributed by atoms with Gasteiger partial charge in [-0.3, -0.25) is 4.98 Å². The number of anilines is 2. The Labute approximate surface area is 208 Å². The molecule has 5 heterocycles. The summed E-state index contributed by atoms with van der Waals surface area (Å²) in [5, 5.41) is 14.3. The quantitative estimate of drug-likeness (QED) is 0.428. The standard InChI is InChI=1S/C25H21F2N7OS/c26-17-7-30-22(19-13(5-28)24(29)36-23(17)19)18-16-10-35-9-15(16)14-6-31-25(33-21(14)20(18)27)34-4-3-12(8-34)32-11-1-2-11/h6-7,11-12,32H,1-4,8-10,29H2. The first-order valence-corrected chi connectivity index (χ1v) is 12.7. The summed E-state index contributed by atoms with van der Waals surface area (Å²) in [6.07, 6.45) is 6.13. The van der Waals surface area contributed by atoms with E-state index in [1.807, 2.05) is 6.07 Å². The lowest BCUT2D eigenvalue weighted by Gasteiger charge is -2.19. The number of thiophene rings is 1. The maximum Gasteiger partial charge on any atom is 0.226 e. The normalized spacial score (nSPS) is 19.4. The molecule has 3 aromatic heterocycles. The predicted molar refractivity (Wildman–Crippen MR) is 132 cm³/mol. The van der Waals surface area contributed by atoms with Gasteiger partial charge in [0.2, 0.25) is 5.95 Å². The number of ether oxygens (including phenoxy) is 1. The minimum Gasteiger partial charge on any atom is -0.389 e. The largest absolute Gasteiger partial charge is 0.389 e. The molecule has 4 aromatic rings. The molecule has 0 bridgehead atoms. The van der Waals surface area contributed by atoms with Crippen molar-refractivity contribution in [1.29, 1.82) is 5.26 Å². The first-order valence-electron chi connectivity index (χ1n) is 11.9. The van der Waals surface area contributed by atoms with Crippen molar-refractivity contribution in [3.8, 4) is 17.3 Å². The SMILES string of the molecule is N#Cc1c(N)sc2c(F)cnc(-c3c4c(c5cnc(N6CCC(NC7CC7)C6)nc5c3F)COC4)c12. The molecule has 1 aliphatic carbocycles. The van der Waals surface area contributed by atoms with E-state index < -0.39 is 11.6 Å². The van der Waals surface area contributed by atoms with Crippen molar-refractivity contribution in [1.82, 2.24) is 20.3 Å². The van der Waals surface area contributed by atoms with E-state index >= 15 is 4.39 Å². The van der Waals surface area contributed by atoms with E-state index in [0.717, 1.165) is 42.6 Å². The number of nitrogens with two attached hydrogens (primary N) is 1. The Kier molecular flexibility index (Phi) is 4.86. The lowest BCUT2D eigenvalue weighted by molar-refractivity contribution is 0.135. The number of rotatable bonds is 4. The zero-order valence-corrected chi connectivity index (χ0v) is 20.0. The summed E-state index contributed by atoms with van der Waals surface area (Å²) < 4.78 is 36.9. The van der Waals surface area contributed by atoms with Crippen molar-refractivity contribution >= 4 is 43.3 Å². The summed E-state index contributed by atoms with van der Waals surface area (Å²) in [7, 11) is 0. The molecular formula is C25H21F2N7OS. The number of pyridine rings is 1. The minimum atomic E-state index is -0.603. The molecule has 1 atom stereocenters. The van der Waals surface area contributed by atoms with Crippen molar-refractivity contribution in [2.75, 3.05) is 23.7 Å². The van der Waals surface area contributed by atoms with E-state index in [1.54, 1.807) is 6.20 Å². The van der Waals surface area contributed by atoms with Gasteiger partial charge in [-0.1, -0.05) is 0 Å². The molecule has 0 radical (unpaired) electrons. The second-order valence-corrected chi connectivity index (χ2v) is 10.6. The Morgan fingerprint density at radius 1 is 1.14 bits per heavy atom. The monoisotopic (exact) mass is 505 g/mol. The number of aromatic nitrogens is 3. The van der Waals surface area contributed by atoms with Gasteiger partial charge < -0.3 is 20.7 Å². The molecule has 0 amide bonds. The molecule has 1 saturated heterocycles. The number of fused-ring (bicyclic) bond motifs is 4. The van der Waals surface area contributed by atoms with E-state index in [1.165, 1.54) is 12.8 Å². The van der Waals surface area contributed by atoms with Crippen LogP contribution >= 0.6 is 11.3 Å². The summed E-state index contributed by atoms with van der Waals surface area (Å²) in [6.45, 7) is 2.00. The summed E-state index contributed by atoms with van der Waals surface area (Å²) in [4.78, 5) is 15.6. The fourth-order valence-corrected chi connectivity index (χ4v) is 6.27. The van der Waals surface area contributed by atoms with Gasteiger partial charge in [-0.15, -0.1) is 11.3 Å². The number of benzene rings is 1. The summed E-state index contributed by atoms with van der Waals surface area (Å²) in [5.41, 5.74) is 8.01. The molecule has 1 saturated carbocycles. The van der Waals surface area contributed by atoms with Crippen molar-refractivity contribution in [2.45, 2.75) is 44.6 Å². The Bertz CT molecular complexity index is 1610. The third kappa shape index (κ3) is 3.25. The highest BCUT2D eigenvalue weighted by atomic mass is 32.1. The minimum absolute atomic E-state index is 0.0961. The van der Waals surface area contributed by atoms with E-state index in [4.69, 9.17) is 10.5 Å². The van der Waals surface area contributed by atoms with Gasteiger partial charge in [0, 0.05) is 47.7 Å². The van der Waals surface area contributed by atoms with Crippen LogP contribution in [0.2, 0.25) is 0 Å². The average molecular weight is 506 g/mol. The zero-order chi connectivity index (χ0) is 24.6. The van der Waals surface area contributed by atoms with Crippen LogP contribution in [0.3, 0.4) is 0 Å². The Morgan fingerprint density at radius 2 is 1.97 bits per heavy atom. The van der Waals surface area contributed by atoms with E-state index in [2.05, 4.69) is 25.2 Å². The van der Waals surface area contributed by atoms with Crippen molar-refractivity contribution < 1.29 is 13.5 Å². The van der Waals surface area contributed by atoms with E-state index in [-0.39, 0.29) is 50.6 Å². The van der Waals surface area contributed by atoms with Crippen molar-refractivity contribution in [3.63, 3.8) is 0 Å². The number of nitrogens with one attached hydrogen (secondary N) is 1. The molecule has 36 heavy (non-hydrogen) atoms. The van der Waals surface area contributed by atoms with Crippen LogP contribution in [0.1, 0.15) is 36.0 Å². The summed E-state index contributed by atoms with van der Waals surface area (Å²) in [6, 6.07) is 3.02. The summed E-state index contributed by atoms with van der Waals surface area (Å²) >= 11 is 0.958. The number of hydrogen-bond donors (Lipinski definition) is 2. The molecule has 1 aromatic carbocycles. The third-order valence-corrected chi connectivity index (χ3v) is 8.28.